The van der Waals surface area contributed by atoms with Crippen LogP contribution in [0.4, 0.5) is 0 Å². The van der Waals surface area contributed by atoms with E-state index in [0.717, 1.165) is 23.7 Å². The molecule has 1 aliphatic rings. The van der Waals surface area contributed by atoms with E-state index in [0.29, 0.717) is 0 Å². The Balaban J connectivity index is 2.17. The number of hydrogen-bond acceptors (Lipinski definition) is 1. The summed E-state index contributed by atoms with van der Waals surface area (Å²) in [5.41, 5.74) is 2.21. The van der Waals surface area contributed by atoms with Gasteiger partial charge >= 0.3 is 0 Å². The molecule has 1 aliphatic carbocycles. The van der Waals surface area contributed by atoms with Crippen LogP contribution >= 0.6 is 0 Å². The van der Waals surface area contributed by atoms with E-state index in [4.69, 9.17) is 0 Å². The van der Waals surface area contributed by atoms with Crippen LogP contribution in [0.15, 0.2) is 24.3 Å². The van der Waals surface area contributed by atoms with Crippen LogP contribution in [-0.2, 0) is 0 Å². The van der Waals surface area contributed by atoms with Gasteiger partial charge < -0.3 is 0 Å². The zero-order valence-electron chi connectivity index (χ0n) is 9.99. The van der Waals surface area contributed by atoms with E-state index < -0.39 is 0 Å². The predicted octanol–water partition coefficient (Wildman–Crippen LogP) is 4.18. The minimum Gasteiger partial charge on any atom is -0.298 e. The largest absolute Gasteiger partial charge is 0.298 e. The molecule has 0 heterocycles. The average molecular weight is 216 g/mol. The molecule has 0 saturated heterocycles. The molecule has 1 heteroatoms. The molecule has 1 aromatic carbocycles. The molecule has 2 unspecified atom stereocenters. The summed E-state index contributed by atoms with van der Waals surface area (Å²) in [6.07, 6.45) is 7.63. The second-order valence-corrected chi connectivity index (χ2v) is 4.84. The molecule has 1 saturated carbocycles. The van der Waals surface area contributed by atoms with Gasteiger partial charge in [0.05, 0.1) is 0 Å². The van der Waals surface area contributed by atoms with E-state index in [-0.39, 0.29) is 0 Å². The molecule has 2 atom stereocenters. The maximum atomic E-state index is 10.6. The molecule has 1 nitrogen and oxygen atoms in total. The first kappa shape index (κ1) is 11.4. The normalized spacial score (nSPS) is 25.3. The van der Waals surface area contributed by atoms with Crippen LogP contribution in [0.3, 0.4) is 0 Å². The minimum atomic E-state index is 0.722. The summed E-state index contributed by atoms with van der Waals surface area (Å²) < 4.78 is 0. The van der Waals surface area contributed by atoms with Gasteiger partial charge in [-0.15, -0.1) is 0 Å². The molecule has 0 aliphatic heterocycles. The van der Waals surface area contributed by atoms with Crippen LogP contribution in [0.25, 0.3) is 0 Å². The Labute approximate surface area is 97.9 Å². The molecule has 16 heavy (non-hydrogen) atoms. The van der Waals surface area contributed by atoms with Gasteiger partial charge in [0.25, 0.3) is 0 Å². The van der Waals surface area contributed by atoms with Crippen LogP contribution < -0.4 is 0 Å². The van der Waals surface area contributed by atoms with Crippen LogP contribution in [0.2, 0.25) is 0 Å². The van der Waals surface area contributed by atoms with E-state index in [9.17, 15) is 4.79 Å². The number of benzene rings is 1. The highest BCUT2D eigenvalue weighted by Crippen LogP contribution is 2.39. The third kappa shape index (κ3) is 2.34. The lowest BCUT2D eigenvalue weighted by molar-refractivity contribution is 0.112. The van der Waals surface area contributed by atoms with Crippen molar-refractivity contribution >= 4 is 6.29 Å². The van der Waals surface area contributed by atoms with Gasteiger partial charge in [-0.25, -0.2) is 0 Å². The lowest BCUT2D eigenvalue weighted by atomic mass is 9.74. The molecule has 0 amide bonds. The maximum absolute atomic E-state index is 10.6. The fourth-order valence-electron chi connectivity index (χ4n) is 2.96. The van der Waals surface area contributed by atoms with E-state index >= 15 is 0 Å². The Hall–Kier alpha value is -1.11. The van der Waals surface area contributed by atoms with Gasteiger partial charge in [-0.1, -0.05) is 50.5 Å². The monoisotopic (exact) mass is 216 g/mol. The summed E-state index contributed by atoms with van der Waals surface area (Å²) in [7, 11) is 0. The lowest BCUT2D eigenvalue weighted by Gasteiger charge is -2.31. The molecule has 0 spiro atoms. The third-order valence-electron chi connectivity index (χ3n) is 3.93. The number of rotatable bonds is 3. The Morgan fingerprint density at radius 3 is 2.50 bits per heavy atom. The first-order valence-electron chi connectivity index (χ1n) is 6.40. The van der Waals surface area contributed by atoms with Crippen molar-refractivity contribution in [3.63, 3.8) is 0 Å². The van der Waals surface area contributed by atoms with Gasteiger partial charge in [0.1, 0.15) is 6.29 Å². The van der Waals surface area contributed by atoms with Crippen molar-refractivity contribution in [2.45, 2.75) is 44.9 Å². The summed E-state index contributed by atoms with van der Waals surface area (Å²) in [6, 6.07) is 8.18. The van der Waals surface area contributed by atoms with E-state index in [1.807, 2.05) is 12.1 Å². The fraction of sp³-hybridized carbons (Fsp3) is 0.533. The predicted molar refractivity (Wildman–Crippen MR) is 66.8 cm³/mol. The smallest absolute Gasteiger partial charge is 0.150 e. The fourth-order valence-corrected chi connectivity index (χ4v) is 2.96. The zero-order chi connectivity index (χ0) is 11.4. The van der Waals surface area contributed by atoms with Crippen molar-refractivity contribution in [1.82, 2.24) is 0 Å². The van der Waals surface area contributed by atoms with Crippen molar-refractivity contribution < 1.29 is 4.79 Å². The van der Waals surface area contributed by atoms with E-state index in [1.165, 1.54) is 37.7 Å². The van der Waals surface area contributed by atoms with E-state index in [1.54, 1.807) is 0 Å². The highest BCUT2D eigenvalue weighted by Gasteiger charge is 2.24. The Bertz CT molecular complexity index is 339. The summed E-state index contributed by atoms with van der Waals surface area (Å²) in [6.45, 7) is 2.29. The first-order valence-corrected chi connectivity index (χ1v) is 6.40. The highest BCUT2D eigenvalue weighted by molar-refractivity contribution is 5.74. The van der Waals surface area contributed by atoms with Gasteiger partial charge in [0.15, 0.2) is 0 Å². The zero-order valence-corrected chi connectivity index (χ0v) is 9.99. The lowest BCUT2D eigenvalue weighted by Crippen LogP contribution is -2.16. The van der Waals surface area contributed by atoms with Gasteiger partial charge in [-0.2, -0.15) is 0 Å². The van der Waals surface area contributed by atoms with Crippen LogP contribution in [0.5, 0.6) is 0 Å². The Morgan fingerprint density at radius 2 is 1.88 bits per heavy atom. The maximum Gasteiger partial charge on any atom is 0.150 e. The summed E-state index contributed by atoms with van der Waals surface area (Å²) in [5.74, 6) is 1.57. The van der Waals surface area contributed by atoms with Crippen molar-refractivity contribution in [3.8, 4) is 0 Å². The second-order valence-electron chi connectivity index (χ2n) is 4.84. The topological polar surface area (TPSA) is 17.1 Å². The van der Waals surface area contributed by atoms with Crippen LogP contribution in [-0.4, -0.2) is 6.29 Å². The molecular formula is C15H20O. The standard InChI is InChI=1S/C15H20O/c1-2-13-5-3-4-6-15(13)14-9-7-12(11-16)8-10-14/h7-11,13,15H,2-6H2,1H3. The number of carbonyl (C=O) groups is 1. The second kappa shape index (κ2) is 5.29. The van der Waals surface area contributed by atoms with Gasteiger partial charge in [-0.3, -0.25) is 4.79 Å². The third-order valence-corrected chi connectivity index (χ3v) is 3.93. The average Bonchev–Trinajstić information content (AvgIpc) is 2.39. The molecule has 0 N–H and O–H groups in total. The van der Waals surface area contributed by atoms with Gasteiger partial charge in [0, 0.05) is 5.56 Å². The number of hydrogen-bond donors (Lipinski definition) is 0. The van der Waals surface area contributed by atoms with Crippen molar-refractivity contribution in [2.24, 2.45) is 5.92 Å². The molecule has 86 valence electrons. The summed E-state index contributed by atoms with van der Waals surface area (Å²) in [4.78, 5) is 10.6. The molecular weight excluding hydrogens is 196 g/mol. The molecule has 2 rings (SSSR count). The minimum absolute atomic E-state index is 0.722. The summed E-state index contributed by atoms with van der Waals surface area (Å²) >= 11 is 0. The Kier molecular flexibility index (Phi) is 3.76. The SMILES string of the molecule is CCC1CCCCC1c1ccc(C=O)cc1. The molecule has 0 aromatic heterocycles. The molecule has 0 radical (unpaired) electrons. The van der Waals surface area contributed by atoms with E-state index in [2.05, 4.69) is 19.1 Å². The van der Waals surface area contributed by atoms with Crippen molar-refractivity contribution in [2.75, 3.05) is 0 Å². The first-order chi connectivity index (χ1) is 7.85. The van der Waals surface area contributed by atoms with Crippen molar-refractivity contribution in [3.05, 3.63) is 35.4 Å². The highest BCUT2D eigenvalue weighted by atomic mass is 16.1. The molecule has 0 bridgehead atoms. The molecule has 1 aromatic rings. The van der Waals surface area contributed by atoms with Crippen molar-refractivity contribution in [1.29, 1.82) is 0 Å². The van der Waals surface area contributed by atoms with Crippen LogP contribution in [0.1, 0.15) is 60.9 Å². The quantitative estimate of drug-likeness (QED) is 0.693. The van der Waals surface area contributed by atoms with Crippen LogP contribution in [0, 0.1) is 5.92 Å². The number of carbonyl (C=O) groups excluding carboxylic acids is 1. The number of aldehydes is 1. The van der Waals surface area contributed by atoms with Gasteiger partial charge in [-0.05, 0) is 30.2 Å². The summed E-state index contributed by atoms with van der Waals surface area (Å²) in [5, 5.41) is 0. The Morgan fingerprint density at radius 1 is 1.19 bits per heavy atom. The van der Waals surface area contributed by atoms with Gasteiger partial charge in [0.2, 0.25) is 0 Å². The molecule has 1 fully saturated rings.